The number of carbonyl (C=O) groups is 1. The van der Waals surface area contributed by atoms with Gasteiger partial charge in [0.2, 0.25) is 5.91 Å². The molecular weight excluding hydrogens is 460 g/mol. The molecule has 2 aromatic heterocycles. The molecule has 0 aliphatic rings. The van der Waals surface area contributed by atoms with E-state index in [4.69, 9.17) is 4.42 Å². The number of benzene rings is 3. The summed E-state index contributed by atoms with van der Waals surface area (Å²) in [7, 11) is 4.04. The summed E-state index contributed by atoms with van der Waals surface area (Å²) in [6.45, 7) is 3.11. The molecule has 190 valence electrons. The number of amides is 1. The van der Waals surface area contributed by atoms with E-state index in [0.29, 0.717) is 19.5 Å². The van der Waals surface area contributed by atoms with Crippen LogP contribution in [0.15, 0.2) is 95.5 Å². The van der Waals surface area contributed by atoms with Crippen LogP contribution in [0, 0.1) is 0 Å². The maximum absolute atomic E-state index is 14.1. The minimum atomic E-state index is -0.886. The molecule has 0 spiro atoms. The molecule has 1 amide bonds. The average molecular weight is 495 g/mol. The zero-order chi connectivity index (χ0) is 25.8. The van der Waals surface area contributed by atoms with E-state index in [2.05, 4.69) is 44.8 Å². The summed E-state index contributed by atoms with van der Waals surface area (Å²) in [6, 6.07) is 28.2. The summed E-state index contributed by atoms with van der Waals surface area (Å²) in [4.78, 5) is 19.5. The van der Waals surface area contributed by atoms with Gasteiger partial charge in [-0.25, -0.2) is 0 Å². The topological polar surface area (TPSA) is 73.3 Å². The number of rotatable bonds is 10. The van der Waals surface area contributed by atoms with Crippen molar-refractivity contribution in [2.24, 2.45) is 0 Å². The molecule has 0 bridgehead atoms. The molecule has 6 heteroatoms. The standard InChI is InChI=1S/C31H34N4O2/c1-31(18-24-19-32-27-15-9-8-14-26(24)27,33-20-25-17-23-13-7-10-16-29(23)37-25)30(36)34-28(21-35(2)3)22-11-5-4-6-12-22/h4-17,19,28,32-33H,18,20-21H2,1-3H3,(H,34,36). The number of carbonyl (C=O) groups excluding carboxylic acids is 1. The van der Waals surface area contributed by atoms with Crippen LogP contribution in [0.5, 0.6) is 0 Å². The third kappa shape index (κ3) is 5.61. The van der Waals surface area contributed by atoms with Crippen molar-refractivity contribution >= 4 is 27.8 Å². The Morgan fingerprint density at radius 2 is 1.73 bits per heavy atom. The van der Waals surface area contributed by atoms with E-state index in [9.17, 15) is 4.79 Å². The highest BCUT2D eigenvalue weighted by atomic mass is 16.3. The van der Waals surface area contributed by atoms with Gasteiger partial charge in [-0.05, 0) is 50.3 Å². The molecule has 3 N–H and O–H groups in total. The van der Waals surface area contributed by atoms with Crippen LogP contribution in [-0.2, 0) is 17.8 Å². The Bertz CT molecular complexity index is 1450. The highest BCUT2D eigenvalue weighted by molar-refractivity contribution is 5.89. The van der Waals surface area contributed by atoms with Crippen LogP contribution in [0.25, 0.3) is 21.9 Å². The summed E-state index contributed by atoms with van der Waals surface area (Å²) in [5.41, 5.74) is 3.19. The number of likely N-dealkylation sites (N-methyl/N-ethyl adjacent to an activating group) is 1. The Hall–Kier alpha value is -3.87. The Morgan fingerprint density at radius 3 is 2.51 bits per heavy atom. The van der Waals surface area contributed by atoms with Gasteiger partial charge in [0.15, 0.2) is 0 Å². The number of hydrogen-bond acceptors (Lipinski definition) is 4. The minimum absolute atomic E-state index is 0.0513. The molecule has 0 fully saturated rings. The van der Waals surface area contributed by atoms with Gasteiger partial charge in [0.1, 0.15) is 11.3 Å². The summed E-state index contributed by atoms with van der Waals surface area (Å²) < 4.78 is 6.04. The lowest BCUT2D eigenvalue weighted by molar-refractivity contribution is -0.128. The van der Waals surface area contributed by atoms with Crippen molar-refractivity contribution in [1.29, 1.82) is 0 Å². The number of nitrogens with zero attached hydrogens (tertiary/aromatic N) is 1. The quantitative estimate of drug-likeness (QED) is 0.242. The van der Waals surface area contributed by atoms with Crippen LogP contribution < -0.4 is 10.6 Å². The second kappa shape index (κ2) is 10.6. The number of H-pyrrole nitrogens is 1. The molecule has 37 heavy (non-hydrogen) atoms. The van der Waals surface area contributed by atoms with Gasteiger partial charge in [0.05, 0.1) is 18.1 Å². The molecule has 5 rings (SSSR count). The Morgan fingerprint density at radius 1 is 1.00 bits per heavy atom. The number of para-hydroxylation sites is 2. The highest BCUT2D eigenvalue weighted by Gasteiger charge is 2.35. The third-order valence-electron chi connectivity index (χ3n) is 6.90. The first-order valence-corrected chi connectivity index (χ1v) is 12.7. The molecular formula is C31H34N4O2. The van der Waals surface area contributed by atoms with Crippen LogP contribution in [0.4, 0.5) is 0 Å². The van der Waals surface area contributed by atoms with Gasteiger partial charge in [-0.2, -0.15) is 0 Å². The van der Waals surface area contributed by atoms with Gasteiger partial charge in [-0.15, -0.1) is 0 Å². The number of nitrogens with one attached hydrogen (secondary N) is 3. The summed E-state index contributed by atoms with van der Waals surface area (Å²) in [5.74, 6) is 0.747. The zero-order valence-electron chi connectivity index (χ0n) is 21.6. The molecule has 0 aliphatic heterocycles. The van der Waals surface area contributed by atoms with Crippen LogP contribution in [0.1, 0.15) is 29.9 Å². The van der Waals surface area contributed by atoms with Crippen LogP contribution in [0.2, 0.25) is 0 Å². The van der Waals surface area contributed by atoms with Gasteiger partial charge in [-0.1, -0.05) is 66.7 Å². The Balaban J connectivity index is 1.44. The lowest BCUT2D eigenvalue weighted by Gasteiger charge is -2.33. The summed E-state index contributed by atoms with van der Waals surface area (Å²) >= 11 is 0. The predicted molar refractivity (Wildman–Crippen MR) is 149 cm³/mol. The number of aromatic amines is 1. The van der Waals surface area contributed by atoms with Gasteiger partial charge in [0, 0.05) is 35.5 Å². The van der Waals surface area contributed by atoms with Crippen molar-refractivity contribution in [3.05, 3.63) is 108 Å². The van der Waals surface area contributed by atoms with Gasteiger partial charge < -0.3 is 19.6 Å². The molecule has 0 aliphatic carbocycles. The predicted octanol–water partition coefficient (Wildman–Crippen LogP) is 5.42. The fraction of sp³-hybridized carbons (Fsp3) is 0.258. The van der Waals surface area contributed by atoms with E-state index >= 15 is 0 Å². The van der Waals surface area contributed by atoms with Crippen molar-refractivity contribution in [1.82, 2.24) is 20.5 Å². The van der Waals surface area contributed by atoms with E-state index in [-0.39, 0.29) is 11.9 Å². The molecule has 5 aromatic rings. The smallest absolute Gasteiger partial charge is 0.240 e. The lowest BCUT2D eigenvalue weighted by atomic mass is 9.90. The molecule has 2 unspecified atom stereocenters. The van der Waals surface area contributed by atoms with E-state index in [1.165, 1.54) is 0 Å². The molecule has 2 heterocycles. The Labute approximate surface area is 217 Å². The minimum Gasteiger partial charge on any atom is -0.460 e. The maximum Gasteiger partial charge on any atom is 0.240 e. The lowest BCUT2D eigenvalue weighted by Crippen LogP contribution is -2.57. The van der Waals surface area contributed by atoms with Crippen molar-refractivity contribution in [3.8, 4) is 0 Å². The van der Waals surface area contributed by atoms with E-state index < -0.39 is 5.54 Å². The van der Waals surface area contributed by atoms with E-state index in [0.717, 1.165) is 38.8 Å². The second-order valence-electron chi connectivity index (χ2n) is 10.2. The maximum atomic E-state index is 14.1. The van der Waals surface area contributed by atoms with Crippen molar-refractivity contribution < 1.29 is 9.21 Å². The number of hydrogen-bond donors (Lipinski definition) is 3. The fourth-order valence-corrected chi connectivity index (χ4v) is 4.89. The first-order chi connectivity index (χ1) is 17.9. The second-order valence-corrected chi connectivity index (χ2v) is 10.2. The third-order valence-corrected chi connectivity index (χ3v) is 6.90. The van der Waals surface area contributed by atoms with Crippen molar-refractivity contribution in [2.75, 3.05) is 20.6 Å². The monoisotopic (exact) mass is 494 g/mol. The van der Waals surface area contributed by atoms with Crippen molar-refractivity contribution in [2.45, 2.75) is 31.5 Å². The highest BCUT2D eigenvalue weighted by Crippen LogP contribution is 2.25. The largest absolute Gasteiger partial charge is 0.460 e. The summed E-state index contributed by atoms with van der Waals surface area (Å²) in [5, 5.41) is 9.08. The van der Waals surface area contributed by atoms with E-state index in [1.807, 2.05) is 87.9 Å². The SMILES string of the molecule is CN(C)CC(NC(=O)C(C)(Cc1c[nH]c2ccccc12)NCc1cc2ccccc2o1)c1ccccc1. The molecule has 3 aromatic carbocycles. The van der Waals surface area contributed by atoms with Gasteiger partial charge in [0.25, 0.3) is 0 Å². The van der Waals surface area contributed by atoms with Gasteiger partial charge in [-0.3, -0.25) is 10.1 Å². The van der Waals surface area contributed by atoms with Crippen LogP contribution >= 0.6 is 0 Å². The molecule has 0 saturated heterocycles. The van der Waals surface area contributed by atoms with E-state index in [1.54, 1.807) is 0 Å². The van der Waals surface area contributed by atoms with Crippen LogP contribution in [0.3, 0.4) is 0 Å². The number of fused-ring (bicyclic) bond motifs is 2. The molecule has 6 nitrogen and oxygen atoms in total. The molecule has 0 saturated carbocycles. The Kier molecular flexibility index (Phi) is 7.12. The summed E-state index contributed by atoms with van der Waals surface area (Å²) in [6.07, 6.45) is 2.53. The first kappa shape index (κ1) is 24.8. The fourth-order valence-electron chi connectivity index (χ4n) is 4.89. The first-order valence-electron chi connectivity index (χ1n) is 12.7. The average Bonchev–Trinajstić information content (AvgIpc) is 3.51. The normalized spacial score (nSPS) is 14.2. The zero-order valence-corrected chi connectivity index (χ0v) is 21.6. The number of aromatic nitrogens is 1. The van der Waals surface area contributed by atoms with Crippen molar-refractivity contribution in [3.63, 3.8) is 0 Å². The van der Waals surface area contributed by atoms with Crippen LogP contribution in [-0.4, -0.2) is 42.0 Å². The molecule has 0 radical (unpaired) electrons. The van der Waals surface area contributed by atoms with Gasteiger partial charge >= 0.3 is 0 Å². The number of furan rings is 1. The molecule has 2 atom stereocenters.